The highest BCUT2D eigenvalue weighted by Gasteiger charge is 2.38. The fraction of sp³-hybridized carbons (Fsp3) is 0.615. The Hall–Kier alpha value is -5.84. The highest BCUT2D eigenvalue weighted by molar-refractivity contribution is 5.92. The van der Waals surface area contributed by atoms with E-state index >= 15 is 0 Å². The molecule has 3 aromatic rings. The van der Waals surface area contributed by atoms with E-state index in [1.807, 2.05) is 33.8 Å². The van der Waals surface area contributed by atoms with E-state index in [1.165, 1.54) is 64.1 Å². The summed E-state index contributed by atoms with van der Waals surface area (Å²) in [6.45, 7) is 10.4. The van der Waals surface area contributed by atoms with Gasteiger partial charge in [0.1, 0.15) is 48.9 Å². The van der Waals surface area contributed by atoms with Crippen molar-refractivity contribution in [2.75, 3.05) is 49.2 Å². The first-order chi connectivity index (χ1) is 34.9. The van der Waals surface area contributed by atoms with Crippen molar-refractivity contribution in [3.63, 3.8) is 0 Å². The molecule has 13 atom stereocenters. The van der Waals surface area contributed by atoms with Crippen molar-refractivity contribution >= 4 is 36.2 Å². The predicted molar refractivity (Wildman–Crippen MR) is 263 cm³/mol. The molecule has 73 heavy (non-hydrogen) atoms. The molecule has 0 spiro atoms. The van der Waals surface area contributed by atoms with Crippen LogP contribution in [0.3, 0.4) is 0 Å². The van der Waals surface area contributed by atoms with Gasteiger partial charge in [0.2, 0.25) is 24.1 Å². The standard InChI is InChI=1S/C52H74N4O17/c1-30(19-20-42(73-52(62)45(66-11)28-63-8)34(5)48(71-35(6)58)31(2)21-22-56(7)29-57)43(65-10)24-44-33(4)41(64-9)17-14-18-46-53-38(26-68-46)50-55-39(27-70-50)51-54-37(25-69-51)49(67-12)32(3)40(60)16-13-15-36(59)23-47(61)72-44/h13-14,16,18,21-22,25-27,29-34,36,41-45,48-49,59H,15,17,19-20,23-24,28H2,1-12H3/t30-,31+,32-,33+,34-,36-,41-,42+,43-,44-,45+,48+,49-/m0/s1. The molecule has 404 valence electrons. The van der Waals surface area contributed by atoms with Crippen LogP contribution >= 0.6 is 0 Å². The molecule has 1 N–H and O–H groups in total. The van der Waals surface area contributed by atoms with Crippen molar-refractivity contribution in [3.05, 3.63) is 60.9 Å². The average Bonchev–Trinajstić information content (AvgIpc) is 4.17. The van der Waals surface area contributed by atoms with E-state index in [0.29, 0.717) is 37.1 Å². The lowest BCUT2D eigenvalue weighted by Crippen LogP contribution is -2.42. The molecule has 4 rings (SSSR count). The van der Waals surface area contributed by atoms with E-state index in [0.717, 1.165) is 0 Å². The summed E-state index contributed by atoms with van der Waals surface area (Å²) in [7, 11) is 8.95. The normalized spacial score (nSPS) is 23.2. The smallest absolute Gasteiger partial charge is 0.337 e. The Bertz CT molecular complexity index is 2290. The van der Waals surface area contributed by atoms with E-state index in [1.54, 1.807) is 46.5 Å². The van der Waals surface area contributed by atoms with Crippen LogP contribution in [-0.4, -0.2) is 147 Å². The van der Waals surface area contributed by atoms with Gasteiger partial charge in [-0.15, -0.1) is 0 Å². The molecular weight excluding hydrogens is 953 g/mol. The Balaban J connectivity index is 1.63. The maximum Gasteiger partial charge on any atom is 0.337 e. The molecule has 0 aliphatic carbocycles. The van der Waals surface area contributed by atoms with Gasteiger partial charge in [-0.25, -0.2) is 19.7 Å². The van der Waals surface area contributed by atoms with Crippen LogP contribution in [-0.2, 0) is 61.9 Å². The van der Waals surface area contributed by atoms with Gasteiger partial charge in [-0.2, -0.15) is 0 Å². The number of nitrogens with zero attached hydrogens (tertiary/aromatic N) is 4. The second kappa shape index (κ2) is 29.8. The summed E-state index contributed by atoms with van der Waals surface area (Å²) in [4.78, 5) is 79.2. The number of cyclic esters (lactones) is 1. The maximum atomic E-state index is 13.7. The first kappa shape index (κ1) is 59.7. The predicted octanol–water partition coefficient (Wildman–Crippen LogP) is 6.75. The molecule has 6 bridgehead atoms. The number of rotatable bonds is 21. The number of hydrogen-bond donors (Lipinski definition) is 1. The first-order valence-corrected chi connectivity index (χ1v) is 24.3. The summed E-state index contributed by atoms with van der Waals surface area (Å²) in [6.07, 6.45) is 8.87. The number of fused-ring (bicyclic) bond motifs is 8. The molecule has 3 aromatic heterocycles. The number of aliphatic hydroxyl groups is 1. The SMILES string of the molecule is COC[C@@H](OC)C(=O)O[C@H](CC[C@H](C)[C@H](C[C@@H]1OC(=O)C[C@@H](O)CC=CC(=O)[C@H](C)[C@H](OC)c2coc(n2)-c2coc(n2)-c2coc(n2)C=CC[C@H](OC)[C@H]1C)OC)[C@H](C)[C@H](OC(C)=O)[C@H](C)C=CN(C)C=O. The van der Waals surface area contributed by atoms with Crippen LogP contribution in [0.15, 0.2) is 62.5 Å². The van der Waals surface area contributed by atoms with Gasteiger partial charge in [0, 0.05) is 79.9 Å². The minimum atomic E-state index is -1.19. The van der Waals surface area contributed by atoms with Gasteiger partial charge in [0.25, 0.3) is 0 Å². The summed E-state index contributed by atoms with van der Waals surface area (Å²) in [5, 5.41) is 11.0. The molecule has 4 heterocycles. The fourth-order valence-electron chi connectivity index (χ4n) is 8.59. The molecule has 0 saturated carbocycles. The van der Waals surface area contributed by atoms with Gasteiger partial charge < -0.3 is 61.2 Å². The van der Waals surface area contributed by atoms with E-state index in [9.17, 15) is 29.1 Å². The number of aliphatic hydroxyl groups excluding tert-OH is 1. The Morgan fingerprint density at radius 3 is 2.21 bits per heavy atom. The third-order valence-electron chi connectivity index (χ3n) is 13.1. The largest absolute Gasteiger partial charge is 0.462 e. The van der Waals surface area contributed by atoms with Crippen molar-refractivity contribution in [2.24, 2.45) is 29.6 Å². The molecular formula is C52H74N4O17. The number of oxazole rings is 3. The summed E-state index contributed by atoms with van der Waals surface area (Å²) < 4.78 is 63.6. The van der Waals surface area contributed by atoms with Gasteiger partial charge >= 0.3 is 17.9 Å². The number of hydrogen-bond acceptors (Lipinski definition) is 20. The highest BCUT2D eigenvalue weighted by atomic mass is 16.6. The monoisotopic (exact) mass is 1030 g/mol. The molecule has 1 aliphatic heterocycles. The summed E-state index contributed by atoms with van der Waals surface area (Å²) in [5.74, 6) is -3.99. The summed E-state index contributed by atoms with van der Waals surface area (Å²) in [5.41, 5.74) is 0.950. The van der Waals surface area contributed by atoms with E-state index in [2.05, 4.69) is 15.0 Å². The maximum absolute atomic E-state index is 13.7. The molecule has 1 aliphatic rings. The van der Waals surface area contributed by atoms with Gasteiger partial charge in [0.05, 0.1) is 37.3 Å². The quantitative estimate of drug-likeness (QED) is 0.0657. The lowest BCUT2D eigenvalue weighted by Gasteiger charge is -2.35. The molecule has 0 unspecified atom stereocenters. The lowest BCUT2D eigenvalue weighted by molar-refractivity contribution is -0.173. The average molecular weight is 1030 g/mol. The second-order valence-electron chi connectivity index (χ2n) is 18.5. The third kappa shape index (κ3) is 17.7. The molecule has 0 radical (unpaired) electrons. The topological polar surface area (TPSA) is 261 Å². The van der Waals surface area contributed by atoms with Crippen molar-refractivity contribution < 1.29 is 80.2 Å². The first-order valence-electron chi connectivity index (χ1n) is 24.3. The van der Waals surface area contributed by atoms with Gasteiger partial charge in [-0.1, -0.05) is 52.8 Å². The minimum absolute atomic E-state index is 0.0242. The molecule has 1 amide bonds. The Morgan fingerprint density at radius 2 is 1.55 bits per heavy atom. The molecule has 0 saturated heterocycles. The number of ether oxygens (including phenoxy) is 8. The van der Waals surface area contributed by atoms with Crippen molar-refractivity contribution in [3.8, 4) is 23.2 Å². The number of carbonyl (C=O) groups is 5. The number of methoxy groups -OCH3 is 5. The highest BCUT2D eigenvalue weighted by Crippen LogP contribution is 2.33. The lowest BCUT2D eigenvalue weighted by atomic mass is 9.83. The second-order valence-corrected chi connectivity index (χ2v) is 18.5. The number of aromatic nitrogens is 3. The molecule has 21 nitrogen and oxygen atoms in total. The Morgan fingerprint density at radius 1 is 0.863 bits per heavy atom. The van der Waals surface area contributed by atoms with Crippen LogP contribution in [0.2, 0.25) is 0 Å². The summed E-state index contributed by atoms with van der Waals surface area (Å²) >= 11 is 0. The molecule has 21 heteroatoms. The van der Waals surface area contributed by atoms with Crippen LogP contribution in [0.5, 0.6) is 0 Å². The number of carbonyl (C=O) groups excluding carboxylic acids is 5. The number of allylic oxidation sites excluding steroid dienone is 1. The van der Waals surface area contributed by atoms with Crippen LogP contribution in [0.1, 0.15) is 97.8 Å². The van der Waals surface area contributed by atoms with Crippen molar-refractivity contribution in [2.45, 2.75) is 129 Å². The Labute approximate surface area is 426 Å². The number of amides is 1. The van der Waals surface area contributed by atoms with Crippen molar-refractivity contribution in [1.29, 1.82) is 0 Å². The van der Waals surface area contributed by atoms with Crippen LogP contribution in [0.4, 0.5) is 0 Å². The van der Waals surface area contributed by atoms with E-state index < -0.39 is 90.4 Å². The van der Waals surface area contributed by atoms with Gasteiger partial charge in [-0.05, 0) is 43.8 Å². The van der Waals surface area contributed by atoms with Crippen LogP contribution < -0.4 is 0 Å². The van der Waals surface area contributed by atoms with E-state index in [4.69, 9.17) is 51.1 Å². The zero-order valence-electron chi connectivity index (χ0n) is 44.0. The fourth-order valence-corrected chi connectivity index (χ4v) is 8.59. The Kier molecular flexibility index (Phi) is 24.3. The van der Waals surface area contributed by atoms with Gasteiger partial charge in [0.15, 0.2) is 23.3 Å². The van der Waals surface area contributed by atoms with Crippen molar-refractivity contribution in [1.82, 2.24) is 19.9 Å². The zero-order valence-corrected chi connectivity index (χ0v) is 44.0. The number of esters is 3. The van der Waals surface area contributed by atoms with E-state index in [-0.39, 0.29) is 60.9 Å². The summed E-state index contributed by atoms with van der Waals surface area (Å²) in [6, 6.07) is 0. The minimum Gasteiger partial charge on any atom is -0.462 e. The number of ketones is 1. The zero-order chi connectivity index (χ0) is 53.8. The molecule has 0 fully saturated rings. The van der Waals surface area contributed by atoms with Crippen LogP contribution in [0, 0.1) is 29.6 Å². The van der Waals surface area contributed by atoms with Crippen LogP contribution in [0.25, 0.3) is 29.2 Å². The third-order valence-corrected chi connectivity index (χ3v) is 13.1. The molecule has 0 aromatic carbocycles. The van der Waals surface area contributed by atoms with Gasteiger partial charge in [-0.3, -0.25) is 19.2 Å².